The Morgan fingerprint density at radius 2 is 2.00 bits per heavy atom. The Kier molecular flexibility index (Phi) is 5.54. The van der Waals surface area contributed by atoms with Gasteiger partial charge in [0, 0.05) is 24.5 Å². The lowest BCUT2D eigenvalue weighted by Crippen LogP contribution is -2.31. The van der Waals surface area contributed by atoms with Crippen LogP contribution in [0.15, 0.2) is 24.3 Å². The zero-order valence-corrected chi connectivity index (χ0v) is 15.3. The minimum absolute atomic E-state index is 0.0469. The number of hydrogen-bond donors (Lipinski definition) is 1. The molecule has 1 heterocycles. The molecule has 0 aliphatic carbocycles. The number of sulfone groups is 1. The van der Waals surface area contributed by atoms with Crippen LogP contribution >= 0.6 is 0 Å². The van der Waals surface area contributed by atoms with Crippen LogP contribution in [-0.2, 0) is 16.9 Å². The lowest BCUT2D eigenvalue weighted by atomic mass is 10.2. The fourth-order valence-electron chi connectivity index (χ4n) is 2.67. The Labute approximate surface area is 142 Å². The van der Waals surface area contributed by atoms with Gasteiger partial charge in [-0.1, -0.05) is 13.8 Å². The molecule has 0 unspecified atom stereocenters. The summed E-state index contributed by atoms with van der Waals surface area (Å²) in [6, 6.07) is 7.36. The highest BCUT2D eigenvalue weighted by Crippen LogP contribution is 2.23. The van der Waals surface area contributed by atoms with Crippen LogP contribution in [0.25, 0.3) is 10.9 Å². The van der Waals surface area contributed by atoms with Crippen molar-refractivity contribution >= 4 is 26.6 Å². The molecule has 0 radical (unpaired) electrons. The summed E-state index contributed by atoms with van der Waals surface area (Å²) in [4.78, 5) is 12.3. The van der Waals surface area contributed by atoms with Gasteiger partial charge in [-0.15, -0.1) is 0 Å². The number of nitrogens with one attached hydrogen (secondary N) is 1. The van der Waals surface area contributed by atoms with Crippen molar-refractivity contribution in [3.8, 4) is 5.75 Å². The zero-order valence-electron chi connectivity index (χ0n) is 14.5. The van der Waals surface area contributed by atoms with Crippen molar-refractivity contribution in [2.45, 2.75) is 13.8 Å². The number of ether oxygens (including phenoxy) is 1. The van der Waals surface area contributed by atoms with E-state index in [1.54, 1.807) is 24.8 Å². The van der Waals surface area contributed by atoms with E-state index in [0.717, 1.165) is 16.7 Å². The summed E-state index contributed by atoms with van der Waals surface area (Å²) in [7, 11) is 0.257. The first-order valence-electron chi connectivity index (χ1n) is 7.85. The van der Waals surface area contributed by atoms with Crippen molar-refractivity contribution < 1.29 is 17.9 Å². The molecule has 6 nitrogen and oxygen atoms in total. The van der Waals surface area contributed by atoms with Crippen LogP contribution in [0.1, 0.15) is 24.3 Å². The molecule has 0 fully saturated rings. The standard InChI is InChI=1S/C17H24N2O4S/c1-12(2)11-24(21,22)8-7-18-17(20)16-10-13-9-14(23-4)5-6-15(13)19(16)3/h5-6,9-10,12H,7-8,11H2,1-4H3,(H,18,20). The van der Waals surface area contributed by atoms with E-state index in [1.807, 2.05) is 32.0 Å². The number of hydrogen-bond acceptors (Lipinski definition) is 4. The van der Waals surface area contributed by atoms with Crippen LogP contribution in [0, 0.1) is 5.92 Å². The van der Waals surface area contributed by atoms with E-state index >= 15 is 0 Å². The molecule has 0 bridgehead atoms. The molecule has 24 heavy (non-hydrogen) atoms. The molecule has 1 N–H and O–H groups in total. The molecule has 1 aromatic carbocycles. The van der Waals surface area contributed by atoms with Crippen LogP contribution in [0.2, 0.25) is 0 Å². The SMILES string of the molecule is COc1ccc2c(c1)cc(C(=O)NCCS(=O)(=O)CC(C)C)n2C. The van der Waals surface area contributed by atoms with E-state index < -0.39 is 9.84 Å². The van der Waals surface area contributed by atoms with E-state index in [0.29, 0.717) is 5.69 Å². The number of amides is 1. The van der Waals surface area contributed by atoms with E-state index in [4.69, 9.17) is 4.74 Å². The summed E-state index contributed by atoms with van der Waals surface area (Å²) in [5.74, 6) is 0.608. The maximum absolute atomic E-state index is 12.3. The largest absolute Gasteiger partial charge is 0.497 e. The molecule has 0 aliphatic rings. The maximum Gasteiger partial charge on any atom is 0.267 e. The Morgan fingerprint density at radius 3 is 2.62 bits per heavy atom. The van der Waals surface area contributed by atoms with Gasteiger partial charge < -0.3 is 14.6 Å². The average molecular weight is 352 g/mol. The van der Waals surface area contributed by atoms with Crippen LogP contribution in [-0.4, -0.2) is 44.1 Å². The molecular formula is C17H24N2O4S. The van der Waals surface area contributed by atoms with Gasteiger partial charge in [-0.3, -0.25) is 4.79 Å². The Morgan fingerprint density at radius 1 is 1.29 bits per heavy atom. The fraction of sp³-hybridized carbons (Fsp3) is 0.471. The third kappa shape index (κ3) is 4.29. The molecule has 7 heteroatoms. The quantitative estimate of drug-likeness (QED) is 0.827. The number of nitrogens with zero attached hydrogens (tertiary/aromatic N) is 1. The lowest BCUT2D eigenvalue weighted by Gasteiger charge is -2.09. The van der Waals surface area contributed by atoms with Crippen molar-refractivity contribution in [2.75, 3.05) is 25.2 Å². The highest BCUT2D eigenvalue weighted by atomic mass is 32.2. The van der Waals surface area contributed by atoms with Crippen LogP contribution in [0.5, 0.6) is 5.75 Å². The first-order valence-corrected chi connectivity index (χ1v) is 9.67. The monoisotopic (exact) mass is 352 g/mol. The van der Waals surface area contributed by atoms with Crippen LogP contribution in [0.4, 0.5) is 0 Å². The summed E-state index contributed by atoms with van der Waals surface area (Å²) in [5, 5.41) is 3.59. The molecule has 1 amide bonds. The molecule has 0 atom stereocenters. The Hall–Kier alpha value is -2.02. The zero-order chi connectivity index (χ0) is 17.9. The molecular weight excluding hydrogens is 328 g/mol. The van der Waals surface area contributed by atoms with E-state index in [1.165, 1.54) is 0 Å². The van der Waals surface area contributed by atoms with Crippen molar-refractivity contribution in [3.63, 3.8) is 0 Å². The minimum atomic E-state index is -3.14. The predicted molar refractivity (Wildman–Crippen MR) is 95.3 cm³/mol. The second kappa shape index (κ2) is 7.25. The van der Waals surface area contributed by atoms with Crippen molar-refractivity contribution in [2.24, 2.45) is 13.0 Å². The summed E-state index contributed by atoms with van der Waals surface area (Å²) >= 11 is 0. The second-order valence-corrected chi connectivity index (χ2v) is 8.51. The third-order valence-corrected chi connectivity index (χ3v) is 5.77. The summed E-state index contributed by atoms with van der Waals surface area (Å²) in [6.45, 7) is 3.83. The van der Waals surface area contributed by atoms with E-state index in [-0.39, 0.29) is 29.9 Å². The van der Waals surface area contributed by atoms with Crippen molar-refractivity contribution in [1.29, 1.82) is 0 Å². The van der Waals surface area contributed by atoms with Gasteiger partial charge in [0.1, 0.15) is 11.4 Å². The van der Waals surface area contributed by atoms with Gasteiger partial charge in [0.15, 0.2) is 9.84 Å². The molecule has 132 valence electrons. The number of carbonyl (C=O) groups excluding carboxylic acids is 1. The van der Waals surface area contributed by atoms with Gasteiger partial charge in [0.2, 0.25) is 0 Å². The predicted octanol–water partition coefficient (Wildman–Crippen LogP) is 1.99. The second-order valence-electron chi connectivity index (χ2n) is 6.28. The number of aryl methyl sites for hydroxylation is 1. The number of carbonyl (C=O) groups is 1. The Balaban J connectivity index is 2.07. The van der Waals surface area contributed by atoms with Gasteiger partial charge in [0.25, 0.3) is 5.91 Å². The molecule has 2 aromatic rings. The molecule has 0 spiro atoms. The van der Waals surface area contributed by atoms with E-state index in [9.17, 15) is 13.2 Å². The minimum Gasteiger partial charge on any atom is -0.497 e. The van der Waals surface area contributed by atoms with Gasteiger partial charge in [-0.25, -0.2) is 8.42 Å². The van der Waals surface area contributed by atoms with Gasteiger partial charge in [-0.05, 0) is 30.2 Å². The van der Waals surface area contributed by atoms with E-state index in [2.05, 4.69) is 5.32 Å². The number of benzene rings is 1. The van der Waals surface area contributed by atoms with Crippen LogP contribution < -0.4 is 10.1 Å². The highest BCUT2D eigenvalue weighted by molar-refractivity contribution is 7.91. The Bertz CT molecular complexity index is 838. The van der Waals surface area contributed by atoms with Gasteiger partial charge >= 0.3 is 0 Å². The van der Waals surface area contributed by atoms with Crippen molar-refractivity contribution in [3.05, 3.63) is 30.0 Å². The first kappa shape index (κ1) is 18.3. The summed E-state index contributed by atoms with van der Waals surface area (Å²) in [5.41, 5.74) is 1.40. The molecule has 0 aliphatic heterocycles. The number of fused-ring (bicyclic) bond motifs is 1. The number of rotatable bonds is 7. The highest BCUT2D eigenvalue weighted by Gasteiger charge is 2.16. The number of methoxy groups -OCH3 is 1. The topological polar surface area (TPSA) is 77.4 Å². The number of aromatic nitrogens is 1. The average Bonchev–Trinajstić information content (AvgIpc) is 2.82. The maximum atomic E-state index is 12.3. The normalized spacial score (nSPS) is 11.9. The lowest BCUT2D eigenvalue weighted by molar-refractivity contribution is 0.0948. The van der Waals surface area contributed by atoms with Crippen LogP contribution in [0.3, 0.4) is 0 Å². The molecule has 2 rings (SSSR count). The third-order valence-electron chi connectivity index (χ3n) is 3.77. The van der Waals surface area contributed by atoms with Crippen molar-refractivity contribution in [1.82, 2.24) is 9.88 Å². The molecule has 0 saturated carbocycles. The molecule has 0 saturated heterocycles. The van der Waals surface area contributed by atoms with Gasteiger partial charge in [0.05, 0.1) is 18.6 Å². The smallest absolute Gasteiger partial charge is 0.267 e. The summed E-state index contributed by atoms with van der Waals surface area (Å²) in [6.07, 6.45) is 0. The molecule has 1 aromatic heterocycles. The van der Waals surface area contributed by atoms with Gasteiger partial charge in [-0.2, -0.15) is 0 Å². The fourth-order valence-corrected chi connectivity index (χ4v) is 4.27. The summed E-state index contributed by atoms with van der Waals surface area (Å²) < 4.78 is 30.7. The first-order chi connectivity index (χ1) is 11.2.